The highest BCUT2D eigenvalue weighted by Crippen LogP contribution is 2.32. The van der Waals surface area contributed by atoms with Gasteiger partial charge in [0.1, 0.15) is 36.9 Å². The maximum atomic E-state index is 13.8. The van der Waals surface area contributed by atoms with E-state index in [1.165, 1.54) is 4.90 Å². The molecule has 10 heteroatoms. The Labute approximate surface area is 267 Å². The quantitative estimate of drug-likeness (QED) is 0.261. The van der Waals surface area contributed by atoms with Crippen molar-refractivity contribution in [3.63, 3.8) is 0 Å². The molecule has 0 spiro atoms. The number of amides is 2. The van der Waals surface area contributed by atoms with Crippen LogP contribution in [0.2, 0.25) is 0 Å². The second-order valence-corrected chi connectivity index (χ2v) is 11.2. The van der Waals surface area contributed by atoms with Gasteiger partial charge in [-0.1, -0.05) is 72.8 Å². The van der Waals surface area contributed by atoms with Gasteiger partial charge in [0.25, 0.3) is 0 Å². The van der Waals surface area contributed by atoms with Crippen molar-refractivity contribution >= 4 is 23.9 Å². The summed E-state index contributed by atoms with van der Waals surface area (Å²) in [5.41, 5.74) is 3.14. The van der Waals surface area contributed by atoms with Crippen molar-refractivity contribution < 1.29 is 38.8 Å². The molecule has 3 N–H and O–H groups in total. The van der Waals surface area contributed by atoms with Crippen LogP contribution in [0.25, 0.3) is 6.08 Å². The van der Waals surface area contributed by atoms with E-state index in [2.05, 4.69) is 5.32 Å². The Morgan fingerprint density at radius 2 is 1.83 bits per heavy atom. The number of nitrogens with zero attached hydrogens (tertiary/aromatic N) is 1. The summed E-state index contributed by atoms with van der Waals surface area (Å²) in [6.45, 7) is -0.165. The highest BCUT2D eigenvalue weighted by atomic mass is 16.7. The van der Waals surface area contributed by atoms with Gasteiger partial charge in [-0.15, -0.1) is 0 Å². The van der Waals surface area contributed by atoms with Gasteiger partial charge in [-0.3, -0.25) is 9.59 Å². The number of rotatable bonds is 12. The van der Waals surface area contributed by atoms with Crippen LogP contribution in [0.4, 0.5) is 0 Å². The Balaban J connectivity index is 1.28. The SMILES string of the molecule is CN(C(=O)C1=CC2OCOC2C(OC(=O)c2cccc(C=CCc3ccccc3O)c2)C1)C(Cc1ccccc1)C(=O)NCCO. The molecular formula is C36H38N2O8. The van der Waals surface area contributed by atoms with E-state index in [0.29, 0.717) is 17.6 Å². The average Bonchev–Trinajstić information content (AvgIpc) is 3.56. The van der Waals surface area contributed by atoms with Gasteiger partial charge >= 0.3 is 5.97 Å². The smallest absolute Gasteiger partial charge is 0.338 e. The van der Waals surface area contributed by atoms with Crippen molar-refractivity contribution in [3.8, 4) is 5.75 Å². The number of hydrogen-bond donors (Lipinski definition) is 3. The van der Waals surface area contributed by atoms with Gasteiger partial charge in [0, 0.05) is 32.0 Å². The van der Waals surface area contributed by atoms with Crippen molar-refractivity contribution in [1.29, 1.82) is 0 Å². The van der Waals surface area contributed by atoms with Crippen LogP contribution >= 0.6 is 0 Å². The third-order valence-electron chi connectivity index (χ3n) is 8.07. The number of para-hydroxylation sites is 1. The molecule has 1 saturated heterocycles. The summed E-state index contributed by atoms with van der Waals surface area (Å²) in [4.78, 5) is 41.7. The van der Waals surface area contributed by atoms with Gasteiger partial charge in [-0.05, 0) is 47.4 Å². The maximum absolute atomic E-state index is 13.8. The number of phenols is 1. The number of ether oxygens (including phenoxy) is 3. The zero-order valence-corrected chi connectivity index (χ0v) is 25.6. The lowest BCUT2D eigenvalue weighted by molar-refractivity contribution is -0.137. The molecule has 3 aromatic rings. The van der Waals surface area contributed by atoms with Crippen molar-refractivity contribution in [2.75, 3.05) is 27.0 Å². The predicted octanol–water partition coefficient (Wildman–Crippen LogP) is 3.42. The predicted molar refractivity (Wildman–Crippen MR) is 171 cm³/mol. The molecule has 2 aliphatic rings. The second-order valence-electron chi connectivity index (χ2n) is 11.2. The molecule has 1 aliphatic heterocycles. The molecule has 2 amide bonds. The van der Waals surface area contributed by atoms with E-state index in [-0.39, 0.29) is 44.4 Å². The highest BCUT2D eigenvalue weighted by molar-refractivity contribution is 5.97. The number of allylic oxidation sites excluding steroid dienone is 1. The first kappa shape index (κ1) is 32.6. The number of hydrogen-bond acceptors (Lipinski definition) is 8. The van der Waals surface area contributed by atoms with E-state index in [1.807, 2.05) is 60.7 Å². The summed E-state index contributed by atoms with van der Waals surface area (Å²) in [6, 6.07) is 22.6. The summed E-state index contributed by atoms with van der Waals surface area (Å²) in [7, 11) is 1.56. The molecule has 10 nitrogen and oxygen atoms in total. The van der Waals surface area contributed by atoms with Crippen molar-refractivity contribution in [3.05, 3.63) is 119 Å². The molecule has 3 aromatic carbocycles. The molecular weight excluding hydrogens is 588 g/mol. The molecule has 0 bridgehead atoms. The maximum Gasteiger partial charge on any atom is 0.338 e. The van der Waals surface area contributed by atoms with E-state index in [1.54, 1.807) is 43.5 Å². The van der Waals surface area contributed by atoms with Crippen molar-refractivity contribution in [1.82, 2.24) is 10.2 Å². The van der Waals surface area contributed by atoms with Crippen LogP contribution in [0.15, 0.2) is 96.6 Å². The minimum atomic E-state index is -0.844. The normalized spacial score (nSPS) is 19.6. The van der Waals surface area contributed by atoms with E-state index in [0.717, 1.165) is 16.7 Å². The fourth-order valence-corrected chi connectivity index (χ4v) is 5.60. The van der Waals surface area contributed by atoms with Gasteiger partial charge in [-0.2, -0.15) is 0 Å². The first-order chi connectivity index (χ1) is 22.3. The van der Waals surface area contributed by atoms with Crippen molar-refractivity contribution in [2.24, 2.45) is 0 Å². The molecule has 0 radical (unpaired) electrons. The van der Waals surface area contributed by atoms with Crippen LogP contribution in [0, 0.1) is 0 Å². The summed E-state index contributed by atoms with van der Waals surface area (Å²) in [6.07, 6.45) is 4.35. The average molecular weight is 627 g/mol. The highest BCUT2D eigenvalue weighted by Gasteiger charge is 2.43. The van der Waals surface area contributed by atoms with Crippen LogP contribution in [0.1, 0.15) is 33.5 Å². The minimum absolute atomic E-state index is 0.00532. The fraction of sp³-hybridized carbons (Fsp3) is 0.306. The molecule has 4 atom stereocenters. The number of aliphatic hydroxyl groups excluding tert-OH is 1. The zero-order chi connectivity index (χ0) is 32.5. The van der Waals surface area contributed by atoms with Gasteiger partial charge in [0.05, 0.1) is 12.2 Å². The third-order valence-corrected chi connectivity index (χ3v) is 8.07. The molecule has 1 fully saturated rings. The van der Waals surface area contributed by atoms with Gasteiger partial charge < -0.3 is 34.6 Å². The third kappa shape index (κ3) is 8.08. The van der Waals surface area contributed by atoms with E-state index >= 15 is 0 Å². The summed E-state index contributed by atoms with van der Waals surface area (Å²) in [5, 5.41) is 21.9. The lowest BCUT2D eigenvalue weighted by Crippen LogP contribution is -2.51. The van der Waals surface area contributed by atoms with E-state index in [4.69, 9.17) is 14.2 Å². The number of fused-ring (bicyclic) bond motifs is 1. The Bertz CT molecular complexity index is 1590. The molecule has 1 aliphatic carbocycles. The zero-order valence-electron chi connectivity index (χ0n) is 25.6. The lowest BCUT2D eigenvalue weighted by Gasteiger charge is -2.33. The number of carbonyl (C=O) groups excluding carboxylic acids is 3. The number of nitrogens with one attached hydrogen (secondary N) is 1. The molecule has 5 rings (SSSR count). The summed E-state index contributed by atoms with van der Waals surface area (Å²) >= 11 is 0. The van der Waals surface area contributed by atoms with Crippen LogP contribution in [0.5, 0.6) is 5.75 Å². The lowest BCUT2D eigenvalue weighted by atomic mass is 9.90. The number of aromatic hydroxyl groups is 1. The van der Waals surface area contributed by atoms with Crippen LogP contribution in [-0.2, 0) is 36.6 Å². The number of phenolic OH excluding ortho intramolecular Hbond substituents is 1. The van der Waals surface area contributed by atoms with E-state index < -0.39 is 36.2 Å². The summed E-state index contributed by atoms with van der Waals surface area (Å²) in [5.74, 6) is -1.13. The van der Waals surface area contributed by atoms with Gasteiger partial charge in [-0.25, -0.2) is 4.79 Å². The number of esters is 1. The molecule has 4 unspecified atom stereocenters. The van der Waals surface area contributed by atoms with Crippen LogP contribution in [-0.4, -0.2) is 84.2 Å². The molecule has 46 heavy (non-hydrogen) atoms. The second kappa shape index (κ2) is 15.5. The molecule has 240 valence electrons. The molecule has 0 saturated carbocycles. The first-order valence-electron chi connectivity index (χ1n) is 15.2. The van der Waals surface area contributed by atoms with Gasteiger partial charge in [0.2, 0.25) is 11.8 Å². The van der Waals surface area contributed by atoms with E-state index in [9.17, 15) is 24.6 Å². The monoisotopic (exact) mass is 626 g/mol. The number of carbonyl (C=O) groups is 3. The number of benzene rings is 3. The Morgan fingerprint density at radius 1 is 1.04 bits per heavy atom. The Kier molecular flexibility index (Phi) is 11.0. The number of likely N-dealkylation sites (N-methyl/N-ethyl adjacent to an activating group) is 1. The first-order valence-corrected chi connectivity index (χ1v) is 15.2. The van der Waals surface area contributed by atoms with Crippen molar-refractivity contribution in [2.45, 2.75) is 43.6 Å². The number of aliphatic hydroxyl groups is 1. The minimum Gasteiger partial charge on any atom is -0.508 e. The van der Waals surface area contributed by atoms with Gasteiger partial charge in [0.15, 0.2) is 0 Å². The fourth-order valence-electron chi connectivity index (χ4n) is 5.60. The largest absolute Gasteiger partial charge is 0.508 e. The topological polar surface area (TPSA) is 135 Å². The Morgan fingerprint density at radius 3 is 2.61 bits per heavy atom. The van der Waals surface area contributed by atoms with Crippen LogP contribution < -0.4 is 5.32 Å². The standard InChI is InChI=1S/C36H38N2O8/c1-38(29(34(41)37-17-18-39)20-25-9-3-2-4-10-25)35(42)28-21-31-33(45-23-44-31)32(22-28)46-36(43)27-15-8-12-24(19-27)11-7-14-26-13-5-6-16-30(26)40/h2-13,15-16,19,21,29,31-33,39-40H,14,17-18,20,22-23H2,1H3,(H,37,41). The molecule has 1 heterocycles. The molecule has 0 aromatic heterocycles. The summed E-state index contributed by atoms with van der Waals surface area (Å²) < 4.78 is 17.4. The Hall–Kier alpha value is -4.77. The van der Waals surface area contributed by atoms with Crippen LogP contribution in [0.3, 0.4) is 0 Å².